The van der Waals surface area contributed by atoms with Crippen LogP contribution in [0, 0.1) is 5.41 Å². The number of nitrogens with zero attached hydrogens (tertiary/aromatic N) is 1. The minimum absolute atomic E-state index is 0.115. The van der Waals surface area contributed by atoms with Gasteiger partial charge in [-0.05, 0) is 30.9 Å². The molecule has 0 aliphatic heterocycles. The Labute approximate surface area is 109 Å². The molecule has 0 saturated carbocycles. The van der Waals surface area contributed by atoms with E-state index >= 15 is 0 Å². The number of hydrogen-bond donors (Lipinski definition) is 2. The minimum Gasteiger partial charge on any atom is -0.385 e. The molecule has 18 heavy (non-hydrogen) atoms. The van der Waals surface area contributed by atoms with E-state index in [0.29, 0.717) is 12.2 Å². The summed E-state index contributed by atoms with van der Waals surface area (Å²) in [6.07, 6.45) is 2.68. The molecule has 1 rings (SSSR count). The van der Waals surface area contributed by atoms with Gasteiger partial charge in [-0.25, -0.2) is 0 Å². The van der Waals surface area contributed by atoms with Crippen molar-refractivity contribution in [2.45, 2.75) is 34.1 Å². The standard InChI is InChI=1S/C14H23N3O/c1-5-14(3,4)10-17-13(18)12-9-11(15-6-2)7-8-16-12/h7-9H,5-6,10H2,1-4H3,(H,15,16)(H,17,18). The molecule has 0 atom stereocenters. The fourth-order valence-corrected chi connectivity index (χ4v) is 1.40. The van der Waals surface area contributed by atoms with Crippen molar-refractivity contribution in [3.05, 3.63) is 24.0 Å². The maximum Gasteiger partial charge on any atom is 0.269 e. The number of hydrogen-bond acceptors (Lipinski definition) is 3. The summed E-state index contributed by atoms with van der Waals surface area (Å²) in [5, 5.41) is 6.10. The summed E-state index contributed by atoms with van der Waals surface area (Å²) < 4.78 is 0. The van der Waals surface area contributed by atoms with Crippen LogP contribution in [0.25, 0.3) is 0 Å². The molecule has 0 aromatic carbocycles. The highest BCUT2D eigenvalue weighted by Gasteiger charge is 2.17. The van der Waals surface area contributed by atoms with Gasteiger partial charge in [0.25, 0.3) is 5.91 Å². The summed E-state index contributed by atoms with van der Waals surface area (Å²) in [5.41, 5.74) is 1.50. The van der Waals surface area contributed by atoms with Gasteiger partial charge in [0.05, 0.1) is 0 Å². The van der Waals surface area contributed by atoms with Crippen molar-refractivity contribution >= 4 is 11.6 Å². The fourth-order valence-electron chi connectivity index (χ4n) is 1.40. The first kappa shape index (κ1) is 14.5. The summed E-state index contributed by atoms with van der Waals surface area (Å²) in [5.74, 6) is -0.115. The zero-order chi connectivity index (χ0) is 13.6. The van der Waals surface area contributed by atoms with E-state index in [1.807, 2.05) is 13.0 Å². The molecule has 0 aliphatic carbocycles. The van der Waals surface area contributed by atoms with Crippen LogP contribution in [-0.2, 0) is 0 Å². The van der Waals surface area contributed by atoms with Crippen LogP contribution in [0.1, 0.15) is 44.6 Å². The summed E-state index contributed by atoms with van der Waals surface area (Å²) in [7, 11) is 0. The molecule has 1 aromatic heterocycles. The maximum absolute atomic E-state index is 12.0. The van der Waals surface area contributed by atoms with Crippen LogP contribution in [0.15, 0.2) is 18.3 Å². The first-order valence-corrected chi connectivity index (χ1v) is 6.46. The number of pyridine rings is 1. The first-order valence-electron chi connectivity index (χ1n) is 6.46. The molecule has 0 bridgehead atoms. The highest BCUT2D eigenvalue weighted by atomic mass is 16.1. The number of aromatic nitrogens is 1. The highest BCUT2D eigenvalue weighted by molar-refractivity contribution is 5.93. The Kier molecular flexibility index (Phi) is 5.13. The number of anilines is 1. The van der Waals surface area contributed by atoms with Crippen LogP contribution < -0.4 is 10.6 Å². The molecule has 2 N–H and O–H groups in total. The minimum atomic E-state index is -0.115. The van der Waals surface area contributed by atoms with Gasteiger partial charge < -0.3 is 10.6 Å². The van der Waals surface area contributed by atoms with Crippen molar-refractivity contribution < 1.29 is 4.79 Å². The van der Waals surface area contributed by atoms with E-state index in [2.05, 4.69) is 36.4 Å². The second kappa shape index (κ2) is 6.38. The van der Waals surface area contributed by atoms with E-state index in [1.165, 1.54) is 0 Å². The Hall–Kier alpha value is -1.58. The van der Waals surface area contributed by atoms with Crippen LogP contribution in [0.5, 0.6) is 0 Å². The number of carbonyl (C=O) groups excluding carboxylic acids is 1. The molecule has 4 nitrogen and oxygen atoms in total. The third-order valence-electron chi connectivity index (χ3n) is 3.06. The topological polar surface area (TPSA) is 54.0 Å². The lowest BCUT2D eigenvalue weighted by Crippen LogP contribution is -2.34. The van der Waals surface area contributed by atoms with Crippen LogP contribution >= 0.6 is 0 Å². The summed E-state index contributed by atoms with van der Waals surface area (Å²) in [6.45, 7) is 9.90. The van der Waals surface area contributed by atoms with E-state index in [4.69, 9.17) is 0 Å². The Balaban J connectivity index is 2.64. The van der Waals surface area contributed by atoms with Crippen molar-refractivity contribution in [2.75, 3.05) is 18.4 Å². The lowest BCUT2D eigenvalue weighted by atomic mass is 9.90. The summed E-state index contributed by atoms with van der Waals surface area (Å²) in [6, 6.07) is 3.63. The molecule has 0 radical (unpaired) electrons. The Morgan fingerprint density at radius 3 is 2.72 bits per heavy atom. The molecule has 0 saturated heterocycles. The van der Waals surface area contributed by atoms with Crippen LogP contribution in [0.4, 0.5) is 5.69 Å². The van der Waals surface area contributed by atoms with Crippen molar-refractivity contribution in [2.24, 2.45) is 5.41 Å². The normalized spacial score (nSPS) is 11.1. The van der Waals surface area contributed by atoms with Crippen molar-refractivity contribution in [1.82, 2.24) is 10.3 Å². The predicted molar refractivity (Wildman–Crippen MR) is 74.8 cm³/mol. The SMILES string of the molecule is CCNc1ccnc(C(=O)NCC(C)(C)CC)c1. The molecule has 0 aliphatic rings. The lowest BCUT2D eigenvalue weighted by molar-refractivity contribution is 0.0931. The maximum atomic E-state index is 12.0. The number of amides is 1. The molecule has 0 spiro atoms. The van der Waals surface area contributed by atoms with Gasteiger partial charge in [-0.2, -0.15) is 0 Å². The smallest absolute Gasteiger partial charge is 0.269 e. The van der Waals surface area contributed by atoms with Gasteiger partial charge in [0.15, 0.2) is 0 Å². The monoisotopic (exact) mass is 249 g/mol. The van der Waals surface area contributed by atoms with Gasteiger partial charge in [0.1, 0.15) is 5.69 Å². The Bertz CT molecular complexity index is 402. The molecule has 1 heterocycles. The second-order valence-electron chi connectivity index (χ2n) is 5.16. The Morgan fingerprint density at radius 1 is 1.39 bits per heavy atom. The molecule has 1 aromatic rings. The average molecular weight is 249 g/mol. The van der Waals surface area contributed by atoms with Gasteiger partial charge >= 0.3 is 0 Å². The molecule has 0 fully saturated rings. The van der Waals surface area contributed by atoms with Crippen LogP contribution in [0.3, 0.4) is 0 Å². The Morgan fingerprint density at radius 2 is 2.11 bits per heavy atom. The fraction of sp³-hybridized carbons (Fsp3) is 0.571. The molecule has 1 amide bonds. The molecular weight excluding hydrogens is 226 g/mol. The van der Waals surface area contributed by atoms with Crippen molar-refractivity contribution in [1.29, 1.82) is 0 Å². The van der Waals surface area contributed by atoms with Crippen LogP contribution in [0.2, 0.25) is 0 Å². The lowest BCUT2D eigenvalue weighted by Gasteiger charge is -2.22. The molecular formula is C14H23N3O. The van der Waals surface area contributed by atoms with Gasteiger partial charge in [-0.1, -0.05) is 20.8 Å². The number of carbonyl (C=O) groups is 1. The number of nitrogens with one attached hydrogen (secondary N) is 2. The van der Waals surface area contributed by atoms with E-state index in [0.717, 1.165) is 18.7 Å². The molecule has 0 unspecified atom stereocenters. The van der Waals surface area contributed by atoms with E-state index in [1.54, 1.807) is 12.3 Å². The van der Waals surface area contributed by atoms with E-state index in [-0.39, 0.29) is 11.3 Å². The van der Waals surface area contributed by atoms with Gasteiger partial charge in [-0.3, -0.25) is 9.78 Å². The predicted octanol–water partition coefficient (Wildman–Crippen LogP) is 2.68. The average Bonchev–Trinajstić information content (AvgIpc) is 2.37. The zero-order valence-corrected chi connectivity index (χ0v) is 11.7. The highest BCUT2D eigenvalue weighted by Crippen LogP contribution is 2.18. The van der Waals surface area contributed by atoms with E-state index in [9.17, 15) is 4.79 Å². The molecule has 4 heteroatoms. The van der Waals surface area contributed by atoms with E-state index < -0.39 is 0 Å². The van der Waals surface area contributed by atoms with Gasteiger partial charge in [-0.15, -0.1) is 0 Å². The zero-order valence-electron chi connectivity index (χ0n) is 11.7. The first-order chi connectivity index (χ1) is 8.48. The molecule has 100 valence electrons. The summed E-state index contributed by atoms with van der Waals surface area (Å²) in [4.78, 5) is 16.1. The third-order valence-corrected chi connectivity index (χ3v) is 3.06. The quantitative estimate of drug-likeness (QED) is 0.815. The van der Waals surface area contributed by atoms with Gasteiger partial charge in [0, 0.05) is 25.0 Å². The largest absolute Gasteiger partial charge is 0.385 e. The number of rotatable bonds is 6. The second-order valence-corrected chi connectivity index (χ2v) is 5.16. The van der Waals surface area contributed by atoms with Crippen molar-refractivity contribution in [3.63, 3.8) is 0 Å². The summed E-state index contributed by atoms with van der Waals surface area (Å²) >= 11 is 0. The third kappa shape index (κ3) is 4.35. The van der Waals surface area contributed by atoms with Crippen LogP contribution in [-0.4, -0.2) is 24.0 Å². The van der Waals surface area contributed by atoms with Crippen molar-refractivity contribution in [3.8, 4) is 0 Å². The van der Waals surface area contributed by atoms with Gasteiger partial charge in [0.2, 0.25) is 0 Å².